The van der Waals surface area contributed by atoms with Crippen LogP contribution in [0.3, 0.4) is 0 Å². The number of rotatable bonds is 5. The molecular weight excluding hydrogens is 176 g/mol. The molecule has 1 atom stereocenters. The molecule has 80 valence electrons. The van der Waals surface area contributed by atoms with E-state index >= 15 is 0 Å². The minimum atomic E-state index is 0.261. The molecule has 0 bridgehead atoms. The molecular formula is C10H20N4. The van der Waals surface area contributed by atoms with Gasteiger partial charge in [0.25, 0.3) is 0 Å². The first-order valence-electron chi connectivity index (χ1n) is 5.27. The maximum Gasteiger partial charge on any atom is 0.138 e. The molecule has 1 heterocycles. The Labute approximate surface area is 85.5 Å². The summed E-state index contributed by atoms with van der Waals surface area (Å²) in [5.74, 6) is 1.58. The van der Waals surface area contributed by atoms with Crippen LogP contribution < -0.4 is 5.73 Å². The van der Waals surface area contributed by atoms with Gasteiger partial charge in [-0.25, -0.2) is 4.98 Å². The summed E-state index contributed by atoms with van der Waals surface area (Å²) in [6.45, 7) is 7.25. The maximum atomic E-state index is 5.97. The number of aryl methyl sites for hydroxylation is 2. The van der Waals surface area contributed by atoms with E-state index in [-0.39, 0.29) is 6.04 Å². The van der Waals surface area contributed by atoms with Crippen LogP contribution in [0.2, 0.25) is 0 Å². The van der Waals surface area contributed by atoms with Gasteiger partial charge < -0.3 is 5.73 Å². The van der Waals surface area contributed by atoms with Crippen LogP contribution in [-0.2, 0) is 13.0 Å². The van der Waals surface area contributed by atoms with Crippen molar-refractivity contribution in [3.63, 3.8) is 0 Å². The molecule has 0 aromatic carbocycles. The molecule has 0 radical (unpaired) electrons. The van der Waals surface area contributed by atoms with Crippen molar-refractivity contribution >= 4 is 0 Å². The van der Waals surface area contributed by atoms with Gasteiger partial charge in [-0.15, -0.1) is 0 Å². The predicted molar refractivity (Wildman–Crippen MR) is 56.8 cm³/mol. The van der Waals surface area contributed by atoms with Crippen LogP contribution in [0.25, 0.3) is 0 Å². The van der Waals surface area contributed by atoms with Crippen molar-refractivity contribution in [2.75, 3.05) is 0 Å². The van der Waals surface area contributed by atoms with Gasteiger partial charge in [-0.1, -0.05) is 13.8 Å². The van der Waals surface area contributed by atoms with Crippen molar-refractivity contribution in [1.29, 1.82) is 0 Å². The second-order valence-corrected chi connectivity index (χ2v) is 3.94. The highest BCUT2D eigenvalue weighted by Crippen LogP contribution is 2.07. The van der Waals surface area contributed by atoms with Crippen molar-refractivity contribution in [2.45, 2.75) is 46.2 Å². The number of nitrogens with zero attached hydrogens (tertiary/aromatic N) is 3. The summed E-state index contributed by atoms with van der Waals surface area (Å²) in [7, 11) is 0. The molecule has 0 aliphatic heterocycles. The largest absolute Gasteiger partial charge is 0.327 e. The smallest absolute Gasteiger partial charge is 0.138 e. The number of hydrogen-bond donors (Lipinski definition) is 1. The third kappa shape index (κ3) is 2.80. The zero-order valence-corrected chi connectivity index (χ0v) is 9.27. The molecule has 0 aliphatic carbocycles. The molecule has 0 aliphatic rings. The first kappa shape index (κ1) is 11.2. The van der Waals surface area contributed by atoms with Gasteiger partial charge in [0.2, 0.25) is 0 Å². The maximum absolute atomic E-state index is 5.97. The lowest BCUT2D eigenvalue weighted by molar-refractivity contribution is 0.454. The van der Waals surface area contributed by atoms with Gasteiger partial charge in [0.15, 0.2) is 0 Å². The normalized spacial score (nSPS) is 13.5. The first-order valence-corrected chi connectivity index (χ1v) is 5.27. The van der Waals surface area contributed by atoms with Gasteiger partial charge in [-0.2, -0.15) is 5.10 Å². The van der Waals surface area contributed by atoms with Crippen LogP contribution in [0.15, 0.2) is 6.33 Å². The Morgan fingerprint density at radius 2 is 2.21 bits per heavy atom. The second-order valence-electron chi connectivity index (χ2n) is 3.94. The summed E-state index contributed by atoms with van der Waals surface area (Å²) in [5, 5.41) is 4.12. The standard InChI is InChI=1S/C10H20N4/c1-4-14-10(12-7-13-14)6-5-9(11)8(2)3/h7-9H,4-6,11H2,1-3H3. The van der Waals surface area contributed by atoms with Gasteiger partial charge in [0, 0.05) is 19.0 Å². The summed E-state index contributed by atoms with van der Waals surface area (Å²) in [6.07, 6.45) is 3.52. The molecule has 0 amide bonds. The average Bonchev–Trinajstić information content (AvgIpc) is 2.60. The third-order valence-corrected chi connectivity index (χ3v) is 2.55. The fourth-order valence-electron chi connectivity index (χ4n) is 1.37. The summed E-state index contributed by atoms with van der Waals surface area (Å²) < 4.78 is 1.92. The molecule has 4 nitrogen and oxygen atoms in total. The Hall–Kier alpha value is -0.900. The monoisotopic (exact) mass is 196 g/mol. The molecule has 1 aromatic rings. The van der Waals surface area contributed by atoms with E-state index in [0.29, 0.717) is 5.92 Å². The van der Waals surface area contributed by atoms with Crippen LogP contribution in [0, 0.1) is 5.92 Å². The fraction of sp³-hybridized carbons (Fsp3) is 0.800. The summed E-state index contributed by atoms with van der Waals surface area (Å²) in [5.41, 5.74) is 5.97. The van der Waals surface area contributed by atoms with Crippen molar-refractivity contribution in [3.8, 4) is 0 Å². The van der Waals surface area contributed by atoms with Crippen molar-refractivity contribution < 1.29 is 0 Å². The van der Waals surface area contributed by atoms with E-state index in [2.05, 4.69) is 30.9 Å². The summed E-state index contributed by atoms with van der Waals surface area (Å²) >= 11 is 0. The zero-order valence-electron chi connectivity index (χ0n) is 9.27. The van der Waals surface area contributed by atoms with Crippen molar-refractivity contribution in [2.24, 2.45) is 11.7 Å². The van der Waals surface area contributed by atoms with Gasteiger partial charge in [-0.05, 0) is 19.3 Å². The Morgan fingerprint density at radius 1 is 1.50 bits per heavy atom. The van der Waals surface area contributed by atoms with E-state index in [1.807, 2.05) is 4.68 Å². The number of nitrogens with two attached hydrogens (primary N) is 1. The van der Waals surface area contributed by atoms with Crippen LogP contribution >= 0.6 is 0 Å². The molecule has 4 heteroatoms. The molecule has 0 saturated carbocycles. The molecule has 1 rings (SSSR count). The van der Waals surface area contributed by atoms with Crippen LogP contribution in [-0.4, -0.2) is 20.8 Å². The van der Waals surface area contributed by atoms with E-state index < -0.39 is 0 Å². The highest BCUT2D eigenvalue weighted by Gasteiger charge is 2.09. The predicted octanol–water partition coefficient (Wildman–Crippen LogP) is 1.21. The Kier molecular flexibility index (Phi) is 4.07. The van der Waals surface area contributed by atoms with E-state index in [1.54, 1.807) is 6.33 Å². The topological polar surface area (TPSA) is 56.7 Å². The lowest BCUT2D eigenvalue weighted by atomic mass is 10.0. The molecule has 2 N–H and O–H groups in total. The second kappa shape index (κ2) is 5.10. The SMILES string of the molecule is CCn1ncnc1CCC(N)C(C)C. The van der Waals surface area contributed by atoms with Gasteiger partial charge in [-0.3, -0.25) is 4.68 Å². The van der Waals surface area contributed by atoms with Gasteiger partial charge in [0.05, 0.1) is 0 Å². The highest BCUT2D eigenvalue weighted by atomic mass is 15.3. The zero-order chi connectivity index (χ0) is 10.6. The third-order valence-electron chi connectivity index (χ3n) is 2.55. The van der Waals surface area contributed by atoms with Gasteiger partial charge >= 0.3 is 0 Å². The number of hydrogen-bond acceptors (Lipinski definition) is 3. The molecule has 1 aromatic heterocycles. The van der Waals surface area contributed by atoms with Crippen molar-refractivity contribution in [3.05, 3.63) is 12.2 Å². The highest BCUT2D eigenvalue weighted by molar-refractivity contribution is 4.86. The molecule has 0 saturated heterocycles. The van der Waals surface area contributed by atoms with Crippen LogP contribution in [0.4, 0.5) is 0 Å². The molecule has 1 unspecified atom stereocenters. The van der Waals surface area contributed by atoms with Crippen LogP contribution in [0.1, 0.15) is 33.0 Å². The first-order chi connectivity index (χ1) is 6.65. The van der Waals surface area contributed by atoms with E-state index in [9.17, 15) is 0 Å². The lowest BCUT2D eigenvalue weighted by Crippen LogP contribution is -2.27. The summed E-state index contributed by atoms with van der Waals surface area (Å²) in [4.78, 5) is 4.21. The van der Waals surface area contributed by atoms with Crippen molar-refractivity contribution in [1.82, 2.24) is 14.8 Å². The average molecular weight is 196 g/mol. The quantitative estimate of drug-likeness (QED) is 0.770. The minimum Gasteiger partial charge on any atom is -0.327 e. The Balaban J connectivity index is 2.45. The van der Waals surface area contributed by atoms with Gasteiger partial charge in [0.1, 0.15) is 12.2 Å². The van der Waals surface area contributed by atoms with E-state index in [1.165, 1.54) is 0 Å². The Morgan fingerprint density at radius 3 is 2.79 bits per heavy atom. The molecule has 0 fully saturated rings. The van der Waals surface area contributed by atoms with E-state index in [4.69, 9.17) is 5.73 Å². The van der Waals surface area contributed by atoms with E-state index in [0.717, 1.165) is 25.2 Å². The Bertz CT molecular complexity index is 267. The number of aromatic nitrogens is 3. The molecule has 0 spiro atoms. The summed E-state index contributed by atoms with van der Waals surface area (Å²) in [6, 6.07) is 0.261. The van der Waals surface area contributed by atoms with Crippen LogP contribution in [0.5, 0.6) is 0 Å². The fourth-order valence-corrected chi connectivity index (χ4v) is 1.37. The minimum absolute atomic E-state index is 0.261. The lowest BCUT2D eigenvalue weighted by Gasteiger charge is -2.14. The molecule has 14 heavy (non-hydrogen) atoms.